The van der Waals surface area contributed by atoms with Crippen LogP contribution in [0.2, 0.25) is 0 Å². The van der Waals surface area contributed by atoms with E-state index in [-0.39, 0.29) is 5.91 Å². The molecule has 1 aliphatic carbocycles. The van der Waals surface area contributed by atoms with Gasteiger partial charge in [0.15, 0.2) is 0 Å². The zero-order chi connectivity index (χ0) is 23.7. The van der Waals surface area contributed by atoms with Crippen molar-refractivity contribution in [3.05, 3.63) is 47.5 Å². The standard InChI is InChI=1S/C27H35N5O2/c1-18(2)13-14-23-17-24(26-29-28-19(3)34-26)30-32(23)22-11-6-9-21(16-22)27(33)31-15-7-10-20-8-4-5-12-25(20)31/h6,9,11,16-18,20,25H,4-5,7-8,10,12-15H2,1-3H3/t20-,25-/m0/s1. The second-order valence-electron chi connectivity index (χ2n) is 10.3. The molecular formula is C27H35N5O2. The fraction of sp³-hybridized carbons (Fsp3) is 0.556. The molecule has 1 saturated carbocycles. The van der Waals surface area contributed by atoms with E-state index in [9.17, 15) is 4.79 Å². The molecule has 1 aromatic carbocycles. The van der Waals surface area contributed by atoms with Crippen molar-refractivity contribution < 1.29 is 9.21 Å². The van der Waals surface area contributed by atoms with E-state index in [2.05, 4.69) is 28.9 Å². The summed E-state index contributed by atoms with van der Waals surface area (Å²) < 4.78 is 7.57. The molecule has 2 fully saturated rings. The number of piperidine rings is 1. The van der Waals surface area contributed by atoms with Gasteiger partial charge < -0.3 is 9.32 Å². The van der Waals surface area contributed by atoms with Crippen LogP contribution in [-0.4, -0.2) is 43.4 Å². The maximum atomic E-state index is 13.6. The van der Waals surface area contributed by atoms with Crippen molar-refractivity contribution in [2.75, 3.05) is 6.54 Å². The van der Waals surface area contributed by atoms with Gasteiger partial charge in [-0.15, -0.1) is 10.2 Å². The molecule has 7 nitrogen and oxygen atoms in total. The predicted molar refractivity (Wildman–Crippen MR) is 131 cm³/mol. The van der Waals surface area contributed by atoms with Gasteiger partial charge in [-0.1, -0.05) is 32.8 Å². The Labute approximate surface area is 201 Å². The number of amides is 1. The van der Waals surface area contributed by atoms with E-state index in [4.69, 9.17) is 9.52 Å². The first kappa shape index (κ1) is 22.8. The predicted octanol–water partition coefficient (Wildman–Crippen LogP) is 5.61. The molecule has 2 aliphatic rings. The van der Waals surface area contributed by atoms with Crippen LogP contribution in [-0.2, 0) is 6.42 Å². The molecule has 1 aliphatic heterocycles. The average molecular weight is 462 g/mol. The van der Waals surface area contributed by atoms with Crippen molar-refractivity contribution in [3.63, 3.8) is 0 Å². The fourth-order valence-electron chi connectivity index (χ4n) is 5.58. The van der Waals surface area contributed by atoms with Gasteiger partial charge in [-0.05, 0) is 74.6 Å². The first-order valence-electron chi connectivity index (χ1n) is 12.8. The van der Waals surface area contributed by atoms with Gasteiger partial charge in [0.2, 0.25) is 5.89 Å². The van der Waals surface area contributed by atoms with Crippen molar-refractivity contribution in [1.82, 2.24) is 24.9 Å². The fourth-order valence-corrected chi connectivity index (χ4v) is 5.58. The van der Waals surface area contributed by atoms with Crippen molar-refractivity contribution in [2.45, 2.75) is 78.2 Å². The van der Waals surface area contributed by atoms with Gasteiger partial charge in [0.1, 0.15) is 5.69 Å². The van der Waals surface area contributed by atoms with Crippen molar-refractivity contribution >= 4 is 5.91 Å². The quantitative estimate of drug-likeness (QED) is 0.476. The number of likely N-dealkylation sites (tertiary alicyclic amines) is 1. The summed E-state index contributed by atoms with van der Waals surface area (Å²) in [5.41, 5.74) is 3.38. The Bertz CT molecular complexity index is 1150. The van der Waals surface area contributed by atoms with E-state index in [1.807, 2.05) is 35.0 Å². The number of carbonyl (C=O) groups excluding carboxylic acids is 1. The summed E-state index contributed by atoms with van der Waals surface area (Å²) in [7, 11) is 0. The highest BCUT2D eigenvalue weighted by molar-refractivity contribution is 5.95. The van der Waals surface area contributed by atoms with E-state index in [1.165, 1.54) is 25.7 Å². The lowest BCUT2D eigenvalue weighted by Gasteiger charge is -2.44. The molecule has 2 atom stereocenters. The topological polar surface area (TPSA) is 77.1 Å². The van der Waals surface area contributed by atoms with Crippen LogP contribution in [0.1, 0.15) is 80.7 Å². The summed E-state index contributed by atoms with van der Waals surface area (Å²) in [6.07, 6.45) is 9.24. The number of rotatable bonds is 6. The number of fused-ring (bicyclic) bond motifs is 1. The molecule has 3 heterocycles. The van der Waals surface area contributed by atoms with Crippen LogP contribution in [0.5, 0.6) is 0 Å². The normalized spacial score (nSPS) is 20.5. The molecule has 180 valence electrons. The van der Waals surface area contributed by atoms with Gasteiger partial charge in [0, 0.05) is 30.8 Å². The van der Waals surface area contributed by atoms with Crippen LogP contribution >= 0.6 is 0 Å². The number of nitrogens with zero attached hydrogens (tertiary/aromatic N) is 5. The SMILES string of the molecule is Cc1nnc(-c2cc(CCC(C)C)n(-c3cccc(C(=O)N4CCC[C@@H]5CCCC[C@@H]54)c3)n2)o1. The molecule has 0 spiro atoms. The summed E-state index contributed by atoms with van der Waals surface area (Å²) in [6, 6.07) is 10.3. The molecule has 0 unspecified atom stereocenters. The van der Waals surface area contributed by atoms with Crippen molar-refractivity contribution in [2.24, 2.45) is 11.8 Å². The Morgan fingerprint density at radius 2 is 1.94 bits per heavy atom. The number of aryl methyl sites for hydroxylation is 2. The van der Waals surface area contributed by atoms with Gasteiger partial charge in [-0.3, -0.25) is 4.79 Å². The van der Waals surface area contributed by atoms with Crippen LogP contribution < -0.4 is 0 Å². The molecule has 1 saturated heterocycles. The lowest BCUT2D eigenvalue weighted by molar-refractivity contribution is 0.0390. The summed E-state index contributed by atoms with van der Waals surface area (Å²) >= 11 is 0. The van der Waals surface area contributed by atoms with Crippen LogP contribution in [0.4, 0.5) is 0 Å². The minimum Gasteiger partial charge on any atom is -0.420 e. The Morgan fingerprint density at radius 3 is 2.74 bits per heavy atom. The first-order chi connectivity index (χ1) is 16.5. The van der Waals surface area contributed by atoms with E-state index in [0.717, 1.165) is 49.2 Å². The van der Waals surface area contributed by atoms with E-state index >= 15 is 0 Å². The lowest BCUT2D eigenvalue weighted by atomic mass is 9.78. The monoisotopic (exact) mass is 461 g/mol. The Kier molecular flexibility index (Phi) is 6.53. The van der Waals surface area contributed by atoms with Gasteiger partial charge in [0.25, 0.3) is 11.8 Å². The number of carbonyl (C=O) groups is 1. The van der Waals surface area contributed by atoms with Crippen LogP contribution in [0.15, 0.2) is 34.7 Å². The Hall–Kier alpha value is -2.96. The molecule has 0 radical (unpaired) electrons. The van der Waals surface area contributed by atoms with Gasteiger partial charge >= 0.3 is 0 Å². The molecule has 2 aromatic heterocycles. The summed E-state index contributed by atoms with van der Waals surface area (Å²) in [6.45, 7) is 7.09. The van der Waals surface area contributed by atoms with Gasteiger partial charge in [0.05, 0.1) is 5.69 Å². The highest BCUT2D eigenvalue weighted by atomic mass is 16.4. The smallest absolute Gasteiger partial charge is 0.268 e. The first-order valence-corrected chi connectivity index (χ1v) is 12.8. The molecule has 5 rings (SSSR count). The number of hydrogen-bond donors (Lipinski definition) is 0. The minimum absolute atomic E-state index is 0.155. The molecule has 7 heteroatoms. The van der Waals surface area contributed by atoms with Crippen molar-refractivity contribution in [3.8, 4) is 17.3 Å². The third kappa shape index (κ3) is 4.65. The molecule has 3 aromatic rings. The van der Waals surface area contributed by atoms with Crippen LogP contribution in [0.25, 0.3) is 17.3 Å². The second kappa shape index (κ2) is 9.72. The third-order valence-electron chi connectivity index (χ3n) is 7.35. The van der Waals surface area contributed by atoms with E-state index in [1.54, 1.807) is 6.92 Å². The van der Waals surface area contributed by atoms with Crippen LogP contribution in [0, 0.1) is 18.8 Å². The summed E-state index contributed by atoms with van der Waals surface area (Å²) in [5, 5.41) is 12.9. The lowest BCUT2D eigenvalue weighted by Crippen LogP contribution is -2.49. The third-order valence-corrected chi connectivity index (χ3v) is 7.35. The second-order valence-corrected chi connectivity index (χ2v) is 10.3. The molecular weight excluding hydrogens is 426 g/mol. The van der Waals surface area contributed by atoms with Gasteiger partial charge in [-0.25, -0.2) is 4.68 Å². The number of benzene rings is 1. The minimum atomic E-state index is 0.155. The summed E-state index contributed by atoms with van der Waals surface area (Å²) in [4.78, 5) is 15.8. The number of aromatic nitrogens is 4. The zero-order valence-corrected chi connectivity index (χ0v) is 20.5. The van der Waals surface area contributed by atoms with Gasteiger partial charge in [-0.2, -0.15) is 5.10 Å². The maximum Gasteiger partial charge on any atom is 0.268 e. The highest BCUT2D eigenvalue weighted by Gasteiger charge is 2.36. The zero-order valence-electron chi connectivity index (χ0n) is 20.5. The van der Waals surface area contributed by atoms with Crippen LogP contribution in [0.3, 0.4) is 0 Å². The molecule has 1 amide bonds. The maximum absolute atomic E-state index is 13.6. The highest BCUT2D eigenvalue weighted by Crippen LogP contribution is 2.36. The van der Waals surface area contributed by atoms with Crippen molar-refractivity contribution in [1.29, 1.82) is 0 Å². The molecule has 0 N–H and O–H groups in total. The Morgan fingerprint density at radius 1 is 1.12 bits per heavy atom. The Balaban J connectivity index is 1.46. The molecule has 0 bridgehead atoms. The average Bonchev–Trinajstić information content (AvgIpc) is 3.48. The largest absolute Gasteiger partial charge is 0.420 e. The molecule has 34 heavy (non-hydrogen) atoms. The van der Waals surface area contributed by atoms with E-state index in [0.29, 0.717) is 35.4 Å². The van der Waals surface area contributed by atoms with E-state index < -0.39 is 0 Å². The summed E-state index contributed by atoms with van der Waals surface area (Å²) in [5.74, 6) is 2.34. The number of hydrogen-bond acceptors (Lipinski definition) is 5.